The Kier molecular flexibility index (Phi) is 15.7. The molecular formula is C15H20MoN2O-. The molecule has 0 fully saturated rings. The van der Waals surface area contributed by atoms with Crippen LogP contribution in [0.2, 0.25) is 0 Å². The minimum atomic E-state index is 0.421. The SMILES string of the molecule is CC(C)(C)[CH]=[Mo].[CH]1C=CC=C1.[N-]=O.c1ccncc1. The van der Waals surface area contributed by atoms with Crippen LogP contribution in [0.1, 0.15) is 20.8 Å². The summed E-state index contributed by atoms with van der Waals surface area (Å²) in [4.78, 5) is 11.0. The van der Waals surface area contributed by atoms with Gasteiger partial charge in [-0.25, -0.2) is 0 Å². The number of hydrogen-bond donors (Lipinski definition) is 0. The largest absolute Gasteiger partial charge is 0.577 e. The van der Waals surface area contributed by atoms with Gasteiger partial charge in [-0.2, -0.15) is 0 Å². The number of aromatic nitrogens is 1. The molecule has 0 atom stereocenters. The van der Waals surface area contributed by atoms with Crippen molar-refractivity contribution in [3.05, 3.63) is 71.8 Å². The predicted octanol–water partition coefficient (Wildman–Crippen LogP) is 4.10. The van der Waals surface area contributed by atoms with Crippen molar-refractivity contribution in [2.45, 2.75) is 20.8 Å². The predicted molar refractivity (Wildman–Crippen MR) is 79.1 cm³/mol. The van der Waals surface area contributed by atoms with Gasteiger partial charge in [-0.15, -0.1) is 0 Å². The fourth-order valence-corrected chi connectivity index (χ4v) is 0.633. The Balaban J connectivity index is 0. The van der Waals surface area contributed by atoms with Gasteiger partial charge < -0.3 is 10.5 Å². The standard InChI is InChI=1S/C5H5N.C5H5.C5H10.Mo.NO/c1-2-4-6-5-3-1;1-2-4-5-3-1;1-5(2,3)4;;1-2/h1-5H;1-5H;1H,2-4H3;;/q;;;;-1. The third-order valence-corrected chi connectivity index (χ3v) is 3.21. The van der Waals surface area contributed by atoms with Crippen molar-refractivity contribution >= 4 is 4.40 Å². The van der Waals surface area contributed by atoms with Gasteiger partial charge in [0.1, 0.15) is 0 Å². The van der Waals surface area contributed by atoms with Crippen molar-refractivity contribution in [1.82, 2.24) is 4.98 Å². The van der Waals surface area contributed by atoms with Gasteiger partial charge >= 0.3 is 49.9 Å². The Morgan fingerprint density at radius 2 is 1.37 bits per heavy atom. The van der Waals surface area contributed by atoms with Crippen LogP contribution in [0.3, 0.4) is 0 Å². The van der Waals surface area contributed by atoms with Gasteiger partial charge in [-0.05, 0) is 12.1 Å². The number of hydrogen-bond acceptors (Lipinski definition) is 2. The molecule has 1 aliphatic rings. The van der Waals surface area contributed by atoms with Crippen LogP contribution in [0.5, 0.6) is 0 Å². The Morgan fingerprint density at radius 1 is 0.947 bits per heavy atom. The molecule has 103 valence electrons. The minimum absolute atomic E-state index is 0.421. The first-order chi connectivity index (χ1) is 9.06. The van der Waals surface area contributed by atoms with Crippen LogP contribution < -0.4 is 0 Å². The first-order valence-electron chi connectivity index (χ1n) is 5.72. The van der Waals surface area contributed by atoms with Crippen molar-refractivity contribution < 1.29 is 19.4 Å². The molecule has 0 aliphatic heterocycles. The quantitative estimate of drug-likeness (QED) is 0.668. The van der Waals surface area contributed by atoms with Crippen LogP contribution in [0, 0.1) is 16.7 Å². The summed E-state index contributed by atoms with van der Waals surface area (Å²) in [5.41, 5.74) is 6.17. The molecule has 1 radical (unpaired) electrons. The van der Waals surface area contributed by atoms with E-state index in [4.69, 9.17) is 10.5 Å². The van der Waals surface area contributed by atoms with E-state index >= 15 is 0 Å². The summed E-state index contributed by atoms with van der Waals surface area (Å²) in [6, 6.07) is 5.72. The minimum Gasteiger partial charge on any atom is -0.577 e. The van der Waals surface area contributed by atoms with Gasteiger partial charge in [0.25, 0.3) is 0 Å². The summed E-state index contributed by atoms with van der Waals surface area (Å²) in [5.74, 6) is 0. The Hall–Kier alpha value is -1.21. The number of nitrogens with zero attached hydrogens (tertiary/aromatic N) is 2. The molecule has 4 heteroatoms. The second-order valence-electron chi connectivity index (χ2n) is 4.47. The summed E-state index contributed by atoms with van der Waals surface area (Å²) in [5, 5.41) is 0. The van der Waals surface area contributed by atoms with E-state index in [2.05, 4.69) is 30.2 Å². The Morgan fingerprint density at radius 3 is 1.47 bits per heavy atom. The number of allylic oxidation sites excluding steroid dienone is 4. The van der Waals surface area contributed by atoms with Crippen LogP contribution >= 0.6 is 0 Å². The molecule has 1 aromatic rings. The van der Waals surface area contributed by atoms with Crippen LogP contribution in [0.15, 0.2) is 54.9 Å². The molecular weight excluding hydrogens is 320 g/mol. The van der Waals surface area contributed by atoms with Gasteiger partial charge in [0.15, 0.2) is 0 Å². The maximum absolute atomic E-state index is 7.25. The van der Waals surface area contributed by atoms with Crippen LogP contribution in [-0.2, 0) is 19.4 Å². The summed E-state index contributed by atoms with van der Waals surface area (Å²) in [7, 11) is 0. The zero-order valence-electron chi connectivity index (χ0n) is 11.6. The van der Waals surface area contributed by atoms with E-state index in [1.54, 1.807) is 12.4 Å². The average Bonchev–Trinajstić information content (AvgIpc) is 3.02. The molecule has 2 rings (SSSR count). The van der Waals surface area contributed by atoms with Crippen LogP contribution in [-0.4, -0.2) is 9.38 Å². The summed E-state index contributed by atoms with van der Waals surface area (Å²) < 4.78 is 2.20. The van der Waals surface area contributed by atoms with Gasteiger partial charge in [0.05, 0.1) is 0 Å². The van der Waals surface area contributed by atoms with Gasteiger partial charge in [0, 0.05) is 18.8 Å². The molecule has 0 N–H and O–H groups in total. The Bertz CT molecular complexity index is 319. The fraction of sp³-hybridized carbons (Fsp3) is 0.267. The zero-order valence-corrected chi connectivity index (χ0v) is 13.6. The molecule has 0 saturated carbocycles. The first-order valence-corrected chi connectivity index (χ1v) is 6.88. The number of rotatable bonds is 0. The molecule has 0 saturated heterocycles. The van der Waals surface area contributed by atoms with Crippen molar-refractivity contribution in [3.63, 3.8) is 0 Å². The van der Waals surface area contributed by atoms with E-state index in [1.807, 2.05) is 68.3 Å². The molecule has 1 aromatic heterocycles. The van der Waals surface area contributed by atoms with E-state index < -0.39 is 0 Å². The summed E-state index contributed by atoms with van der Waals surface area (Å²) in [6.07, 6.45) is 13.5. The third-order valence-electron chi connectivity index (χ3n) is 1.48. The molecule has 0 amide bonds. The van der Waals surface area contributed by atoms with E-state index in [0.29, 0.717) is 5.41 Å². The molecule has 0 aromatic carbocycles. The van der Waals surface area contributed by atoms with Crippen molar-refractivity contribution in [3.8, 4) is 0 Å². The molecule has 0 spiro atoms. The fourth-order valence-electron chi connectivity index (χ4n) is 0.633. The van der Waals surface area contributed by atoms with E-state index in [0.717, 1.165) is 0 Å². The first kappa shape index (κ1) is 20.1. The smallest absolute Gasteiger partial charge is 0.0267 e. The topological polar surface area (TPSA) is 52.3 Å². The molecule has 0 bridgehead atoms. The number of pyridine rings is 1. The molecule has 1 heterocycles. The number of nitroso groups, excluding NO2 is 1. The van der Waals surface area contributed by atoms with E-state index in [9.17, 15) is 0 Å². The van der Waals surface area contributed by atoms with Gasteiger partial charge in [0.2, 0.25) is 0 Å². The van der Waals surface area contributed by atoms with E-state index in [1.165, 1.54) is 0 Å². The molecule has 0 unspecified atom stereocenters. The van der Waals surface area contributed by atoms with Crippen molar-refractivity contribution in [1.29, 1.82) is 0 Å². The average molecular weight is 340 g/mol. The normalized spacial score (nSPS) is 10.9. The Labute approximate surface area is 127 Å². The molecule has 3 nitrogen and oxygen atoms in total. The van der Waals surface area contributed by atoms with Crippen molar-refractivity contribution in [2.24, 2.45) is 5.41 Å². The maximum atomic E-state index is 7.25. The zero-order chi connectivity index (χ0) is 15.0. The summed E-state index contributed by atoms with van der Waals surface area (Å²) >= 11 is 2.02. The third kappa shape index (κ3) is 22.5. The molecule has 1 aliphatic carbocycles. The van der Waals surface area contributed by atoms with Crippen molar-refractivity contribution in [2.75, 3.05) is 0 Å². The second-order valence-corrected chi connectivity index (χ2v) is 5.05. The second kappa shape index (κ2) is 14.8. The van der Waals surface area contributed by atoms with Crippen LogP contribution in [0.4, 0.5) is 0 Å². The van der Waals surface area contributed by atoms with Gasteiger partial charge in [-0.1, -0.05) is 30.4 Å². The van der Waals surface area contributed by atoms with Crippen LogP contribution in [0.25, 0.3) is 5.59 Å². The molecule has 19 heavy (non-hydrogen) atoms. The maximum Gasteiger partial charge on any atom is 0.0267 e. The summed E-state index contributed by atoms with van der Waals surface area (Å²) in [6.45, 7) is 6.57. The monoisotopic (exact) mass is 342 g/mol. The van der Waals surface area contributed by atoms with E-state index in [-0.39, 0.29) is 0 Å². The van der Waals surface area contributed by atoms with Gasteiger partial charge in [-0.3, -0.25) is 4.98 Å².